The topological polar surface area (TPSA) is 109 Å². The lowest BCUT2D eigenvalue weighted by molar-refractivity contribution is 0.0946. The van der Waals surface area contributed by atoms with Crippen molar-refractivity contribution < 1.29 is 13.7 Å². The van der Waals surface area contributed by atoms with E-state index >= 15 is 0 Å². The predicted molar refractivity (Wildman–Crippen MR) is 98.5 cm³/mol. The number of nitrogens with zero attached hydrogens (tertiary/aromatic N) is 4. The number of nitrogens with one attached hydrogen (secondary N) is 2. The molecule has 0 spiro atoms. The van der Waals surface area contributed by atoms with Gasteiger partial charge in [-0.2, -0.15) is 0 Å². The molecular formula is C18H20N6O3. The summed E-state index contributed by atoms with van der Waals surface area (Å²) in [5.74, 6) is 2.31. The van der Waals surface area contributed by atoms with Gasteiger partial charge in [-0.05, 0) is 25.0 Å². The molecule has 0 atom stereocenters. The van der Waals surface area contributed by atoms with E-state index in [2.05, 4.69) is 30.7 Å². The van der Waals surface area contributed by atoms with Gasteiger partial charge in [0.1, 0.15) is 18.0 Å². The van der Waals surface area contributed by atoms with Crippen LogP contribution in [0.1, 0.15) is 23.3 Å². The van der Waals surface area contributed by atoms with E-state index in [0.29, 0.717) is 24.6 Å². The third-order valence-corrected chi connectivity index (χ3v) is 4.31. The van der Waals surface area contributed by atoms with Crippen LogP contribution in [-0.2, 0) is 0 Å². The van der Waals surface area contributed by atoms with Crippen molar-refractivity contribution in [3.8, 4) is 11.5 Å². The van der Waals surface area contributed by atoms with Crippen molar-refractivity contribution in [2.24, 2.45) is 0 Å². The molecule has 0 aromatic carbocycles. The number of anilines is 2. The molecule has 0 aliphatic carbocycles. The first kappa shape index (κ1) is 17.1. The van der Waals surface area contributed by atoms with Crippen LogP contribution in [0.4, 0.5) is 11.6 Å². The molecule has 3 aromatic heterocycles. The van der Waals surface area contributed by atoms with Crippen LogP contribution in [-0.4, -0.2) is 47.2 Å². The molecule has 0 saturated carbocycles. The third kappa shape index (κ3) is 4.08. The highest BCUT2D eigenvalue weighted by atomic mass is 16.5. The number of aromatic nitrogens is 3. The number of carbonyl (C=O) groups is 1. The summed E-state index contributed by atoms with van der Waals surface area (Å²) in [7, 11) is 0. The number of hydrogen-bond acceptors (Lipinski definition) is 8. The lowest BCUT2D eigenvalue weighted by atomic mass is 10.3. The van der Waals surface area contributed by atoms with E-state index in [0.717, 1.165) is 24.7 Å². The Bertz CT molecular complexity index is 886. The third-order valence-electron chi connectivity index (χ3n) is 4.31. The molecule has 1 saturated heterocycles. The fourth-order valence-electron chi connectivity index (χ4n) is 2.94. The summed E-state index contributed by atoms with van der Waals surface area (Å²) in [6.45, 7) is 3.02. The second-order valence-electron chi connectivity index (χ2n) is 6.19. The fourth-order valence-corrected chi connectivity index (χ4v) is 2.94. The van der Waals surface area contributed by atoms with Gasteiger partial charge in [-0.3, -0.25) is 4.79 Å². The zero-order chi connectivity index (χ0) is 18.5. The van der Waals surface area contributed by atoms with E-state index in [9.17, 15) is 4.79 Å². The second-order valence-corrected chi connectivity index (χ2v) is 6.19. The summed E-state index contributed by atoms with van der Waals surface area (Å²) in [5.41, 5.74) is 0.208. The zero-order valence-corrected chi connectivity index (χ0v) is 14.7. The quantitative estimate of drug-likeness (QED) is 0.611. The molecule has 1 fully saturated rings. The molecule has 4 heterocycles. The Morgan fingerprint density at radius 1 is 1.15 bits per heavy atom. The van der Waals surface area contributed by atoms with Crippen LogP contribution in [0.2, 0.25) is 0 Å². The van der Waals surface area contributed by atoms with Crippen molar-refractivity contribution >= 4 is 17.5 Å². The van der Waals surface area contributed by atoms with Gasteiger partial charge in [0, 0.05) is 38.3 Å². The van der Waals surface area contributed by atoms with E-state index in [-0.39, 0.29) is 11.6 Å². The molecule has 0 radical (unpaired) electrons. The van der Waals surface area contributed by atoms with Crippen molar-refractivity contribution in [1.29, 1.82) is 0 Å². The number of hydrogen-bond donors (Lipinski definition) is 2. The number of carbonyl (C=O) groups excluding carboxylic acids is 1. The molecule has 27 heavy (non-hydrogen) atoms. The summed E-state index contributed by atoms with van der Waals surface area (Å²) < 4.78 is 10.3. The first-order chi connectivity index (χ1) is 13.3. The molecule has 9 heteroatoms. The van der Waals surface area contributed by atoms with Crippen molar-refractivity contribution in [1.82, 2.24) is 20.4 Å². The van der Waals surface area contributed by atoms with Crippen molar-refractivity contribution in [2.45, 2.75) is 12.8 Å². The van der Waals surface area contributed by atoms with Gasteiger partial charge in [0.25, 0.3) is 5.91 Å². The van der Waals surface area contributed by atoms with E-state index in [1.807, 2.05) is 6.07 Å². The standard InChI is InChI=1S/C18H20N6O3/c25-18(13-10-15(27-23-13)14-4-3-9-26-14)20-6-5-19-16-11-17(22-12-21-16)24-7-1-2-8-24/h3-4,9-12H,1-2,5-8H2,(H,20,25)(H,19,21,22). The Morgan fingerprint density at radius 3 is 2.85 bits per heavy atom. The maximum atomic E-state index is 12.1. The van der Waals surface area contributed by atoms with Crippen LogP contribution in [0.15, 0.2) is 45.8 Å². The molecule has 3 aromatic rings. The van der Waals surface area contributed by atoms with Gasteiger partial charge in [0.05, 0.1) is 6.26 Å². The Balaban J connectivity index is 1.25. The lowest BCUT2D eigenvalue weighted by Gasteiger charge is -2.16. The molecular weight excluding hydrogens is 348 g/mol. The summed E-state index contributed by atoms with van der Waals surface area (Å²) in [4.78, 5) is 22.9. The fraction of sp³-hybridized carbons (Fsp3) is 0.333. The van der Waals surface area contributed by atoms with Gasteiger partial charge >= 0.3 is 0 Å². The Morgan fingerprint density at radius 2 is 2.04 bits per heavy atom. The summed E-state index contributed by atoms with van der Waals surface area (Å²) in [6.07, 6.45) is 5.48. The van der Waals surface area contributed by atoms with E-state index in [1.165, 1.54) is 19.1 Å². The van der Waals surface area contributed by atoms with Crippen molar-refractivity contribution in [3.05, 3.63) is 42.5 Å². The normalized spacial score (nSPS) is 13.7. The minimum atomic E-state index is -0.307. The number of amides is 1. The minimum absolute atomic E-state index is 0.208. The van der Waals surface area contributed by atoms with Gasteiger partial charge < -0.3 is 24.5 Å². The highest BCUT2D eigenvalue weighted by Crippen LogP contribution is 2.20. The molecule has 140 valence electrons. The van der Waals surface area contributed by atoms with E-state index < -0.39 is 0 Å². The first-order valence-corrected chi connectivity index (χ1v) is 8.89. The van der Waals surface area contributed by atoms with Crippen LogP contribution in [0.5, 0.6) is 0 Å². The molecule has 2 N–H and O–H groups in total. The average Bonchev–Trinajstić information content (AvgIpc) is 3.46. The minimum Gasteiger partial charge on any atom is -0.461 e. The highest BCUT2D eigenvalue weighted by molar-refractivity contribution is 5.92. The molecule has 1 amide bonds. The van der Waals surface area contributed by atoms with Gasteiger partial charge in [-0.25, -0.2) is 9.97 Å². The van der Waals surface area contributed by atoms with Crippen LogP contribution in [0.3, 0.4) is 0 Å². The lowest BCUT2D eigenvalue weighted by Crippen LogP contribution is -2.29. The van der Waals surface area contributed by atoms with E-state index in [4.69, 9.17) is 8.94 Å². The molecule has 0 bridgehead atoms. The van der Waals surface area contributed by atoms with Gasteiger partial charge in [-0.1, -0.05) is 5.16 Å². The van der Waals surface area contributed by atoms with Crippen LogP contribution in [0.25, 0.3) is 11.5 Å². The Hall–Kier alpha value is -3.36. The first-order valence-electron chi connectivity index (χ1n) is 8.89. The maximum Gasteiger partial charge on any atom is 0.273 e. The van der Waals surface area contributed by atoms with Gasteiger partial charge in [0.15, 0.2) is 11.5 Å². The Kier molecular flexibility index (Phi) is 4.99. The molecule has 0 unspecified atom stereocenters. The highest BCUT2D eigenvalue weighted by Gasteiger charge is 2.15. The predicted octanol–water partition coefficient (Wildman–Crippen LogP) is 2.17. The van der Waals surface area contributed by atoms with Crippen molar-refractivity contribution in [2.75, 3.05) is 36.4 Å². The molecule has 1 aliphatic heterocycles. The summed E-state index contributed by atoms with van der Waals surface area (Å²) in [6, 6.07) is 6.96. The number of rotatable bonds is 7. The maximum absolute atomic E-state index is 12.1. The molecule has 1 aliphatic rings. The van der Waals surface area contributed by atoms with E-state index in [1.54, 1.807) is 24.5 Å². The monoisotopic (exact) mass is 368 g/mol. The van der Waals surface area contributed by atoms with Crippen LogP contribution >= 0.6 is 0 Å². The van der Waals surface area contributed by atoms with Gasteiger partial charge in [-0.15, -0.1) is 0 Å². The Labute approximate surface area is 155 Å². The van der Waals surface area contributed by atoms with Crippen LogP contribution < -0.4 is 15.5 Å². The zero-order valence-electron chi connectivity index (χ0n) is 14.7. The SMILES string of the molecule is O=C(NCCNc1cc(N2CCCC2)ncn1)c1cc(-c2ccco2)on1. The second kappa shape index (κ2) is 7.90. The van der Waals surface area contributed by atoms with Crippen molar-refractivity contribution in [3.63, 3.8) is 0 Å². The van der Waals surface area contributed by atoms with Crippen LogP contribution in [0, 0.1) is 0 Å². The summed E-state index contributed by atoms with van der Waals surface area (Å²) >= 11 is 0. The summed E-state index contributed by atoms with van der Waals surface area (Å²) in [5, 5.41) is 9.75. The van der Waals surface area contributed by atoms with Gasteiger partial charge in [0.2, 0.25) is 5.76 Å². The average molecular weight is 368 g/mol. The molecule has 9 nitrogen and oxygen atoms in total. The number of furan rings is 1. The smallest absolute Gasteiger partial charge is 0.273 e. The largest absolute Gasteiger partial charge is 0.461 e. The molecule has 4 rings (SSSR count).